The molecule has 8 nitrogen and oxygen atoms in total. The molecule has 0 unspecified atom stereocenters. The molecule has 2 N–H and O–H groups in total. The quantitative estimate of drug-likeness (QED) is 0.630. The highest BCUT2D eigenvalue weighted by atomic mass is 16.5. The third-order valence-corrected chi connectivity index (χ3v) is 4.66. The van der Waals surface area contributed by atoms with Crippen LogP contribution in [0.5, 0.6) is 11.5 Å². The van der Waals surface area contributed by atoms with Crippen molar-refractivity contribution in [2.24, 2.45) is 0 Å². The number of nitrogens with one attached hydrogen (secondary N) is 1. The Morgan fingerprint density at radius 2 is 1.55 bits per heavy atom. The van der Waals surface area contributed by atoms with E-state index >= 15 is 0 Å². The third-order valence-electron chi connectivity index (χ3n) is 4.66. The molecule has 0 heterocycles. The fourth-order valence-corrected chi connectivity index (χ4v) is 3.18. The highest BCUT2D eigenvalue weighted by molar-refractivity contribution is 6.00. The Kier molecular flexibility index (Phi) is 8.31. The summed E-state index contributed by atoms with van der Waals surface area (Å²) >= 11 is 0. The van der Waals surface area contributed by atoms with Crippen LogP contribution in [0.3, 0.4) is 0 Å². The molecule has 0 aliphatic carbocycles. The Labute approximate surface area is 180 Å². The molecule has 0 aliphatic rings. The molecule has 0 aromatic heterocycles. The van der Waals surface area contributed by atoms with Crippen LogP contribution >= 0.6 is 0 Å². The Bertz CT molecular complexity index is 924. The summed E-state index contributed by atoms with van der Waals surface area (Å²) in [5.74, 6) is -1.10. The van der Waals surface area contributed by atoms with Crippen molar-refractivity contribution < 1.29 is 29.0 Å². The highest BCUT2D eigenvalue weighted by Crippen LogP contribution is 2.17. The molecule has 1 radical (unpaired) electrons. The second kappa shape index (κ2) is 10.9. The number of imide groups is 1. The lowest BCUT2D eigenvalue weighted by Crippen LogP contribution is -2.55. The molecule has 2 aromatic carbocycles. The lowest BCUT2D eigenvalue weighted by molar-refractivity contribution is -0.147. The number of benzene rings is 2. The van der Waals surface area contributed by atoms with Gasteiger partial charge in [0, 0.05) is 26.7 Å². The lowest BCUT2D eigenvalue weighted by Gasteiger charge is -2.29. The van der Waals surface area contributed by atoms with E-state index in [4.69, 9.17) is 4.74 Å². The molecule has 2 atom stereocenters. The number of rotatable bonds is 9. The van der Waals surface area contributed by atoms with Crippen molar-refractivity contribution >= 4 is 24.0 Å². The predicted octanol–water partition coefficient (Wildman–Crippen LogP) is 1.54. The maximum Gasteiger partial charge on any atom is 0.252 e. The van der Waals surface area contributed by atoms with Gasteiger partial charge in [0.25, 0.3) is 5.91 Å². The monoisotopic (exact) mass is 425 g/mol. The van der Waals surface area contributed by atoms with Gasteiger partial charge in [0.15, 0.2) is 0 Å². The van der Waals surface area contributed by atoms with Gasteiger partial charge in [0.2, 0.25) is 18.1 Å². The van der Waals surface area contributed by atoms with Gasteiger partial charge in [0.1, 0.15) is 23.6 Å². The average molecular weight is 425 g/mol. The minimum atomic E-state index is -1.16. The standard InChI is InChI=1S/C23H25N2O6/c1-15(27)24-22(13-18-4-8-20(29)9-5-18)23(30)25(16(2)28)19(14-26)12-17-6-10-21(31-3)11-7-17/h4-11,19,22,29H,12-13H2,1-3H3,(H,24,27)/t19-,22+/m0/s1. The summed E-state index contributed by atoms with van der Waals surface area (Å²) in [5, 5.41) is 12.0. The molecule has 8 heteroatoms. The normalized spacial score (nSPS) is 12.4. The molecule has 2 aromatic rings. The topological polar surface area (TPSA) is 113 Å². The van der Waals surface area contributed by atoms with E-state index in [-0.39, 0.29) is 18.6 Å². The van der Waals surface area contributed by atoms with Crippen LogP contribution < -0.4 is 10.1 Å². The number of ether oxygens (including phenoxy) is 1. The van der Waals surface area contributed by atoms with E-state index in [0.717, 1.165) is 4.90 Å². The molecule has 3 amide bonds. The molecule has 163 valence electrons. The number of phenols is 1. The van der Waals surface area contributed by atoms with Crippen LogP contribution in [-0.2, 0) is 32.0 Å². The van der Waals surface area contributed by atoms with Crippen molar-refractivity contribution in [3.05, 3.63) is 59.7 Å². The number of aromatic hydroxyl groups is 1. The van der Waals surface area contributed by atoms with Gasteiger partial charge in [-0.05, 0) is 35.4 Å². The molecule has 0 bridgehead atoms. The smallest absolute Gasteiger partial charge is 0.252 e. The van der Waals surface area contributed by atoms with Crippen molar-refractivity contribution in [3.63, 3.8) is 0 Å². The van der Waals surface area contributed by atoms with Gasteiger partial charge in [-0.2, -0.15) is 0 Å². The molecule has 0 aliphatic heterocycles. The van der Waals surface area contributed by atoms with Gasteiger partial charge in [0.05, 0.1) is 7.11 Å². The summed E-state index contributed by atoms with van der Waals surface area (Å²) < 4.78 is 5.10. The van der Waals surface area contributed by atoms with Crippen LogP contribution in [0.2, 0.25) is 0 Å². The molecular formula is C23H25N2O6. The minimum Gasteiger partial charge on any atom is -0.508 e. The minimum absolute atomic E-state index is 0.0617. The van der Waals surface area contributed by atoms with Crippen LogP contribution in [0.25, 0.3) is 0 Å². The maximum absolute atomic E-state index is 13.2. The maximum atomic E-state index is 13.2. The number of hydrogen-bond acceptors (Lipinski definition) is 6. The zero-order chi connectivity index (χ0) is 23.0. The summed E-state index contributed by atoms with van der Waals surface area (Å²) in [6, 6.07) is 10.8. The van der Waals surface area contributed by atoms with E-state index < -0.39 is 29.8 Å². The first-order valence-electron chi connectivity index (χ1n) is 9.64. The molecular weight excluding hydrogens is 400 g/mol. The van der Waals surface area contributed by atoms with Crippen LogP contribution in [0.15, 0.2) is 48.5 Å². The first kappa shape index (κ1) is 23.6. The number of methoxy groups -OCH3 is 1. The average Bonchev–Trinajstić information content (AvgIpc) is 2.74. The summed E-state index contributed by atoms with van der Waals surface area (Å²) in [4.78, 5) is 49.8. The van der Waals surface area contributed by atoms with Crippen LogP contribution in [0.1, 0.15) is 25.0 Å². The van der Waals surface area contributed by atoms with Crippen molar-refractivity contribution in [1.29, 1.82) is 0 Å². The van der Waals surface area contributed by atoms with E-state index in [1.807, 2.05) is 0 Å². The van der Waals surface area contributed by atoms with Gasteiger partial charge < -0.3 is 15.2 Å². The summed E-state index contributed by atoms with van der Waals surface area (Å²) in [6.07, 6.45) is 1.93. The van der Waals surface area contributed by atoms with Crippen molar-refractivity contribution in [3.8, 4) is 11.5 Å². The third kappa shape index (κ3) is 6.67. The summed E-state index contributed by atoms with van der Waals surface area (Å²) in [5.41, 5.74) is 1.37. The predicted molar refractivity (Wildman–Crippen MR) is 113 cm³/mol. The summed E-state index contributed by atoms with van der Waals surface area (Å²) in [7, 11) is 1.53. The lowest BCUT2D eigenvalue weighted by atomic mass is 10.0. The van der Waals surface area contributed by atoms with Gasteiger partial charge in [-0.15, -0.1) is 0 Å². The van der Waals surface area contributed by atoms with Gasteiger partial charge in [-0.1, -0.05) is 24.3 Å². The second-order valence-electron chi connectivity index (χ2n) is 7.04. The summed E-state index contributed by atoms with van der Waals surface area (Å²) in [6.45, 7) is 2.44. The molecule has 0 fully saturated rings. The number of hydrogen-bond donors (Lipinski definition) is 2. The van der Waals surface area contributed by atoms with Crippen molar-refractivity contribution in [2.45, 2.75) is 38.8 Å². The van der Waals surface area contributed by atoms with E-state index in [9.17, 15) is 24.3 Å². The number of carbonyl (C=O) groups is 3. The van der Waals surface area contributed by atoms with E-state index in [1.165, 1.54) is 33.1 Å². The molecule has 0 saturated carbocycles. The molecule has 0 saturated heterocycles. The second-order valence-corrected chi connectivity index (χ2v) is 7.04. The van der Waals surface area contributed by atoms with Crippen LogP contribution in [-0.4, -0.2) is 53.2 Å². The number of carbonyl (C=O) groups excluding carboxylic acids is 4. The Morgan fingerprint density at radius 1 is 1.00 bits per heavy atom. The van der Waals surface area contributed by atoms with E-state index in [1.54, 1.807) is 42.7 Å². The van der Waals surface area contributed by atoms with Gasteiger partial charge in [-0.25, -0.2) is 0 Å². The highest BCUT2D eigenvalue weighted by Gasteiger charge is 2.33. The largest absolute Gasteiger partial charge is 0.508 e. The number of phenolic OH excluding ortho intramolecular Hbond substituents is 1. The molecule has 2 rings (SSSR count). The van der Waals surface area contributed by atoms with E-state index in [0.29, 0.717) is 16.9 Å². The van der Waals surface area contributed by atoms with Crippen LogP contribution in [0, 0.1) is 0 Å². The van der Waals surface area contributed by atoms with Crippen LogP contribution in [0.4, 0.5) is 0 Å². The van der Waals surface area contributed by atoms with Crippen molar-refractivity contribution in [1.82, 2.24) is 10.2 Å². The Morgan fingerprint density at radius 3 is 2.03 bits per heavy atom. The SMILES string of the molecule is COc1ccc(C[C@@H]([C]=O)N(C(C)=O)C(=O)[C@@H](Cc2ccc(O)cc2)NC(C)=O)cc1. The fraction of sp³-hybridized carbons (Fsp3) is 0.304. The molecule has 0 spiro atoms. The zero-order valence-corrected chi connectivity index (χ0v) is 17.6. The fourth-order valence-electron chi connectivity index (χ4n) is 3.18. The number of nitrogens with zero attached hydrogens (tertiary/aromatic N) is 1. The first-order valence-corrected chi connectivity index (χ1v) is 9.64. The van der Waals surface area contributed by atoms with Gasteiger partial charge in [-0.3, -0.25) is 24.1 Å². The van der Waals surface area contributed by atoms with Crippen molar-refractivity contribution in [2.75, 3.05) is 7.11 Å². The Balaban J connectivity index is 2.28. The molecule has 31 heavy (non-hydrogen) atoms. The zero-order valence-electron chi connectivity index (χ0n) is 17.6. The van der Waals surface area contributed by atoms with E-state index in [2.05, 4.69) is 5.32 Å². The van der Waals surface area contributed by atoms with Gasteiger partial charge >= 0.3 is 0 Å². The first-order chi connectivity index (χ1) is 14.7. The Hall–Kier alpha value is -3.68. The number of amides is 3.